The molecule has 2 heterocycles. The van der Waals surface area contributed by atoms with Gasteiger partial charge in [0, 0.05) is 37.3 Å². The Morgan fingerprint density at radius 2 is 1.93 bits per heavy atom. The van der Waals surface area contributed by atoms with Gasteiger partial charge in [-0.05, 0) is 36.6 Å². The zero-order chi connectivity index (χ0) is 20.9. The van der Waals surface area contributed by atoms with Crippen LogP contribution in [0.25, 0.3) is 16.6 Å². The minimum Gasteiger partial charge on any atom is -0.396 e. The number of amides is 1. The summed E-state index contributed by atoms with van der Waals surface area (Å²) >= 11 is 0. The molecule has 0 atom stereocenters. The molecule has 1 saturated heterocycles. The molecule has 1 amide bonds. The van der Waals surface area contributed by atoms with Gasteiger partial charge in [-0.15, -0.1) is 0 Å². The first-order chi connectivity index (χ1) is 14.6. The molecule has 156 valence electrons. The van der Waals surface area contributed by atoms with E-state index in [1.807, 2.05) is 48.5 Å². The lowest BCUT2D eigenvalue weighted by Gasteiger charge is -2.21. The summed E-state index contributed by atoms with van der Waals surface area (Å²) < 4.78 is 5.30. The monoisotopic (exact) mass is 406 g/mol. The zero-order valence-corrected chi connectivity index (χ0v) is 16.7. The number of nitrogens with zero attached hydrogens (tertiary/aromatic N) is 2. The number of aromatic nitrogens is 2. The second-order valence-corrected chi connectivity index (χ2v) is 7.38. The Morgan fingerprint density at radius 3 is 2.70 bits per heavy atom. The summed E-state index contributed by atoms with van der Waals surface area (Å²) in [5.74, 6) is 6.31. The molecule has 8 nitrogen and oxygen atoms in total. The van der Waals surface area contributed by atoms with Gasteiger partial charge in [-0.25, -0.2) is 5.84 Å². The fourth-order valence-corrected chi connectivity index (χ4v) is 3.55. The van der Waals surface area contributed by atoms with Gasteiger partial charge in [0.15, 0.2) is 0 Å². The number of anilines is 1. The quantitative estimate of drug-likeness (QED) is 0.368. The molecule has 4 rings (SSSR count). The molecule has 0 bridgehead atoms. The largest absolute Gasteiger partial charge is 0.396 e. The number of hydrogen-bond acceptors (Lipinski definition) is 6. The Morgan fingerprint density at radius 1 is 1.20 bits per heavy atom. The molecule has 0 unspecified atom stereocenters. The van der Waals surface area contributed by atoms with Crippen molar-refractivity contribution in [1.82, 2.24) is 15.5 Å². The van der Waals surface area contributed by atoms with Crippen LogP contribution in [-0.2, 0) is 16.1 Å². The van der Waals surface area contributed by atoms with Gasteiger partial charge in [0.05, 0.1) is 16.9 Å². The molecule has 2 aromatic carbocycles. The van der Waals surface area contributed by atoms with Crippen molar-refractivity contribution >= 4 is 28.2 Å². The second-order valence-electron chi connectivity index (χ2n) is 7.38. The van der Waals surface area contributed by atoms with Gasteiger partial charge in [0.1, 0.15) is 5.69 Å². The molecule has 1 fully saturated rings. The number of carbonyl (C=O) groups excluding carboxylic acids is 1. The first kappa shape index (κ1) is 19.9. The molecule has 8 heteroatoms. The van der Waals surface area contributed by atoms with Gasteiger partial charge in [0.2, 0.25) is 5.91 Å². The number of nitrogens with two attached hydrogens (primary N) is 2. The summed E-state index contributed by atoms with van der Waals surface area (Å²) in [5, 5.41) is 12.7. The SMILES string of the molecule is N/C(=C\N(N)c1ccc(CNC(=O)C2CCOCC2)cc1)c1n[nH]c2ccccc12. The van der Waals surface area contributed by atoms with E-state index in [2.05, 4.69) is 15.5 Å². The number of carbonyl (C=O) groups is 1. The highest BCUT2D eigenvalue weighted by molar-refractivity contribution is 5.89. The summed E-state index contributed by atoms with van der Waals surface area (Å²) in [6, 6.07) is 15.4. The topological polar surface area (TPSA) is 122 Å². The van der Waals surface area contributed by atoms with E-state index in [1.165, 1.54) is 5.01 Å². The van der Waals surface area contributed by atoms with Crippen LogP contribution in [0.15, 0.2) is 54.7 Å². The molecule has 0 aliphatic carbocycles. The van der Waals surface area contributed by atoms with Gasteiger partial charge < -0.3 is 15.8 Å². The van der Waals surface area contributed by atoms with Crippen LogP contribution in [0.2, 0.25) is 0 Å². The van der Waals surface area contributed by atoms with E-state index in [0.717, 1.165) is 35.0 Å². The van der Waals surface area contributed by atoms with Gasteiger partial charge in [-0.3, -0.25) is 14.9 Å². The summed E-state index contributed by atoms with van der Waals surface area (Å²) in [4.78, 5) is 12.2. The minimum absolute atomic E-state index is 0.0452. The predicted octanol–water partition coefficient (Wildman–Crippen LogP) is 2.24. The number of aromatic amines is 1. The Hall–Kier alpha value is -3.36. The summed E-state index contributed by atoms with van der Waals surface area (Å²) in [7, 11) is 0. The molecular weight excluding hydrogens is 380 g/mol. The molecule has 1 aliphatic rings. The van der Waals surface area contributed by atoms with Crippen LogP contribution in [0.3, 0.4) is 0 Å². The highest BCUT2D eigenvalue weighted by Gasteiger charge is 2.21. The Kier molecular flexibility index (Phi) is 5.97. The number of rotatable bonds is 6. The summed E-state index contributed by atoms with van der Waals surface area (Å²) in [5.41, 5.74) is 10.0. The number of nitrogens with one attached hydrogen (secondary N) is 2. The van der Waals surface area contributed by atoms with Gasteiger partial charge in [-0.1, -0.05) is 30.3 Å². The fourth-order valence-electron chi connectivity index (χ4n) is 3.55. The number of hydrogen-bond donors (Lipinski definition) is 4. The highest BCUT2D eigenvalue weighted by Crippen LogP contribution is 2.21. The van der Waals surface area contributed by atoms with E-state index >= 15 is 0 Å². The molecule has 0 radical (unpaired) electrons. The minimum atomic E-state index is 0.0452. The first-order valence-corrected chi connectivity index (χ1v) is 10.0. The number of ether oxygens (including phenoxy) is 1. The van der Waals surface area contributed by atoms with Crippen LogP contribution in [0, 0.1) is 5.92 Å². The van der Waals surface area contributed by atoms with Gasteiger partial charge >= 0.3 is 0 Å². The third kappa shape index (κ3) is 4.45. The van der Waals surface area contributed by atoms with E-state index in [-0.39, 0.29) is 11.8 Å². The van der Waals surface area contributed by atoms with Crippen LogP contribution in [0.4, 0.5) is 5.69 Å². The molecule has 0 spiro atoms. The maximum absolute atomic E-state index is 12.2. The van der Waals surface area contributed by atoms with Crippen LogP contribution >= 0.6 is 0 Å². The molecule has 3 aromatic rings. The van der Waals surface area contributed by atoms with E-state index in [0.29, 0.717) is 31.1 Å². The van der Waals surface area contributed by atoms with Crippen molar-refractivity contribution in [2.45, 2.75) is 19.4 Å². The number of fused-ring (bicyclic) bond motifs is 1. The van der Waals surface area contributed by atoms with Crippen LogP contribution < -0.4 is 21.9 Å². The molecule has 6 N–H and O–H groups in total. The van der Waals surface area contributed by atoms with E-state index in [9.17, 15) is 4.79 Å². The third-order valence-corrected chi connectivity index (χ3v) is 5.32. The molecule has 1 aliphatic heterocycles. The lowest BCUT2D eigenvalue weighted by Crippen LogP contribution is -2.33. The van der Waals surface area contributed by atoms with Crippen molar-refractivity contribution in [2.24, 2.45) is 17.5 Å². The smallest absolute Gasteiger partial charge is 0.223 e. The van der Waals surface area contributed by atoms with E-state index < -0.39 is 0 Å². The maximum Gasteiger partial charge on any atom is 0.223 e. The first-order valence-electron chi connectivity index (χ1n) is 10.0. The van der Waals surface area contributed by atoms with Crippen LogP contribution in [0.1, 0.15) is 24.1 Å². The summed E-state index contributed by atoms with van der Waals surface area (Å²) in [6.07, 6.45) is 3.21. The third-order valence-electron chi connectivity index (χ3n) is 5.32. The zero-order valence-electron chi connectivity index (χ0n) is 16.7. The molecular formula is C22H26N6O2. The Labute approximate surface area is 174 Å². The highest BCUT2D eigenvalue weighted by atomic mass is 16.5. The van der Waals surface area contributed by atoms with E-state index in [4.69, 9.17) is 16.3 Å². The lowest BCUT2D eigenvalue weighted by molar-refractivity contribution is -0.128. The number of hydrazine groups is 1. The van der Waals surface area contributed by atoms with Crippen molar-refractivity contribution in [3.63, 3.8) is 0 Å². The lowest BCUT2D eigenvalue weighted by atomic mass is 9.99. The fraction of sp³-hybridized carbons (Fsp3) is 0.273. The van der Waals surface area contributed by atoms with Crippen molar-refractivity contribution in [2.75, 3.05) is 18.2 Å². The standard InChI is InChI=1S/C22H26N6O2/c23-19(21-18-3-1-2-4-20(18)26-27-21)14-28(24)17-7-5-15(6-8-17)13-25-22(29)16-9-11-30-12-10-16/h1-8,14,16H,9-13,23-24H2,(H,25,29)(H,26,27)/b19-14-. The Balaban J connectivity index is 1.38. The van der Waals surface area contributed by atoms with Crippen LogP contribution in [0.5, 0.6) is 0 Å². The van der Waals surface area contributed by atoms with Crippen molar-refractivity contribution in [3.8, 4) is 0 Å². The average molecular weight is 406 g/mol. The molecule has 30 heavy (non-hydrogen) atoms. The predicted molar refractivity (Wildman–Crippen MR) is 117 cm³/mol. The molecule has 1 aromatic heterocycles. The van der Waals surface area contributed by atoms with Gasteiger partial charge in [-0.2, -0.15) is 5.10 Å². The normalized spacial score (nSPS) is 15.3. The van der Waals surface area contributed by atoms with Crippen molar-refractivity contribution in [3.05, 3.63) is 66.0 Å². The number of benzene rings is 2. The van der Waals surface area contributed by atoms with Gasteiger partial charge in [0.25, 0.3) is 0 Å². The number of H-pyrrole nitrogens is 1. The molecule has 0 saturated carbocycles. The summed E-state index contributed by atoms with van der Waals surface area (Å²) in [6.45, 7) is 1.80. The second kappa shape index (κ2) is 8.98. The van der Waals surface area contributed by atoms with Crippen molar-refractivity contribution in [1.29, 1.82) is 0 Å². The number of para-hydroxylation sites is 1. The van der Waals surface area contributed by atoms with Crippen molar-refractivity contribution < 1.29 is 9.53 Å². The maximum atomic E-state index is 12.2. The van der Waals surface area contributed by atoms with E-state index in [1.54, 1.807) is 6.20 Å². The Bertz CT molecular complexity index is 1040. The van der Waals surface area contributed by atoms with Crippen LogP contribution in [-0.4, -0.2) is 29.3 Å². The average Bonchev–Trinajstić information content (AvgIpc) is 3.23.